The summed E-state index contributed by atoms with van der Waals surface area (Å²) in [7, 11) is 0. The van der Waals surface area contributed by atoms with Crippen molar-refractivity contribution < 1.29 is 14.3 Å². The summed E-state index contributed by atoms with van der Waals surface area (Å²) in [5.74, 6) is -1.58. The van der Waals surface area contributed by atoms with Gasteiger partial charge in [-0.25, -0.2) is 4.39 Å². The highest BCUT2D eigenvalue weighted by atomic mass is 19.1. The molecule has 1 N–H and O–H groups in total. The molecule has 2 aromatic rings. The summed E-state index contributed by atoms with van der Waals surface area (Å²) >= 11 is 0. The predicted molar refractivity (Wildman–Crippen MR) is 85.4 cm³/mol. The van der Waals surface area contributed by atoms with Crippen LogP contribution in [-0.4, -0.2) is 17.6 Å². The molecule has 0 aromatic heterocycles. The van der Waals surface area contributed by atoms with E-state index in [1.165, 1.54) is 12.1 Å². The van der Waals surface area contributed by atoms with Crippen LogP contribution in [0.3, 0.4) is 0 Å². The second-order valence-corrected chi connectivity index (χ2v) is 5.58. The lowest BCUT2D eigenvalue weighted by Gasteiger charge is -2.27. The fourth-order valence-electron chi connectivity index (χ4n) is 2.24. The zero-order valence-electron chi connectivity index (χ0n) is 12.8. The molecule has 4 heteroatoms. The minimum absolute atomic E-state index is 0.274. The number of anilines is 1. The molecule has 0 aliphatic heterocycles. The second-order valence-electron chi connectivity index (χ2n) is 5.58. The van der Waals surface area contributed by atoms with Gasteiger partial charge < -0.3 is 10.0 Å². The Hall–Kier alpha value is -2.36. The van der Waals surface area contributed by atoms with Crippen LogP contribution in [0.25, 0.3) is 0 Å². The summed E-state index contributed by atoms with van der Waals surface area (Å²) in [4.78, 5) is 13.1. The van der Waals surface area contributed by atoms with E-state index in [0.29, 0.717) is 13.1 Å². The average Bonchev–Trinajstić information content (AvgIpc) is 2.49. The lowest BCUT2D eigenvalue weighted by molar-refractivity contribution is -0.140. The van der Waals surface area contributed by atoms with Gasteiger partial charge in [0, 0.05) is 18.8 Å². The van der Waals surface area contributed by atoms with Gasteiger partial charge in [-0.05, 0) is 36.8 Å². The number of aryl methyl sites for hydroxylation is 1. The normalized spacial score (nSPS) is 12.0. The maximum Gasteiger partial charge on any atom is 0.308 e. The van der Waals surface area contributed by atoms with Gasteiger partial charge in [0.2, 0.25) is 0 Å². The molecule has 0 aliphatic rings. The van der Waals surface area contributed by atoms with Crippen molar-refractivity contribution in [3.63, 3.8) is 0 Å². The lowest BCUT2D eigenvalue weighted by Crippen LogP contribution is -2.31. The van der Waals surface area contributed by atoms with E-state index in [1.54, 1.807) is 19.1 Å². The molecule has 2 aromatic carbocycles. The number of carbonyl (C=O) groups is 1. The number of hydrogen-bond donors (Lipinski definition) is 1. The number of hydrogen-bond acceptors (Lipinski definition) is 2. The molecule has 116 valence electrons. The summed E-state index contributed by atoms with van der Waals surface area (Å²) in [5.41, 5.74) is 3.05. The van der Waals surface area contributed by atoms with E-state index in [9.17, 15) is 9.18 Å². The molecule has 0 saturated carbocycles. The van der Waals surface area contributed by atoms with Gasteiger partial charge in [-0.2, -0.15) is 0 Å². The van der Waals surface area contributed by atoms with Gasteiger partial charge in [-0.15, -0.1) is 0 Å². The first-order valence-electron chi connectivity index (χ1n) is 7.24. The van der Waals surface area contributed by atoms with Crippen LogP contribution in [0.4, 0.5) is 10.1 Å². The monoisotopic (exact) mass is 301 g/mol. The SMILES string of the molecule is Cc1ccc(N(Cc2ccc(F)cc2)CC(C)C(=O)O)cc1. The highest BCUT2D eigenvalue weighted by Crippen LogP contribution is 2.20. The van der Waals surface area contributed by atoms with Crippen LogP contribution >= 0.6 is 0 Å². The largest absolute Gasteiger partial charge is 0.481 e. The Morgan fingerprint density at radius 3 is 2.27 bits per heavy atom. The van der Waals surface area contributed by atoms with Crippen LogP contribution < -0.4 is 4.90 Å². The number of carboxylic acids is 1. The number of halogens is 1. The summed E-state index contributed by atoms with van der Waals surface area (Å²) in [5, 5.41) is 9.15. The predicted octanol–water partition coefficient (Wildman–Crippen LogP) is 3.86. The number of nitrogens with zero attached hydrogens (tertiary/aromatic N) is 1. The van der Waals surface area contributed by atoms with Crippen molar-refractivity contribution in [2.75, 3.05) is 11.4 Å². The first-order chi connectivity index (χ1) is 10.5. The molecule has 0 bridgehead atoms. The van der Waals surface area contributed by atoms with Gasteiger partial charge in [0.15, 0.2) is 0 Å². The molecule has 2 rings (SSSR count). The fraction of sp³-hybridized carbons (Fsp3) is 0.278. The standard InChI is InChI=1S/C18H20FNO2/c1-13-3-9-17(10-4-13)20(11-14(2)18(21)22)12-15-5-7-16(19)8-6-15/h3-10,14H,11-12H2,1-2H3,(H,21,22). The zero-order chi connectivity index (χ0) is 16.1. The van der Waals surface area contributed by atoms with Crippen LogP contribution in [0, 0.1) is 18.7 Å². The molecule has 22 heavy (non-hydrogen) atoms. The minimum atomic E-state index is -0.823. The van der Waals surface area contributed by atoms with Crippen LogP contribution in [0.5, 0.6) is 0 Å². The van der Waals surface area contributed by atoms with Crippen LogP contribution in [0.2, 0.25) is 0 Å². The smallest absolute Gasteiger partial charge is 0.308 e. The quantitative estimate of drug-likeness (QED) is 0.880. The Morgan fingerprint density at radius 1 is 1.14 bits per heavy atom. The molecule has 0 aliphatic carbocycles. The highest BCUT2D eigenvalue weighted by molar-refractivity contribution is 5.70. The van der Waals surface area contributed by atoms with Crippen molar-refractivity contribution in [3.05, 3.63) is 65.5 Å². The molecule has 0 fully saturated rings. The molecule has 0 saturated heterocycles. The molecule has 1 unspecified atom stereocenters. The van der Waals surface area contributed by atoms with E-state index in [1.807, 2.05) is 36.1 Å². The van der Waals surface area contributed by atoms with Crippen molar-refractivity contribution in [1.82, 2.24) is 0 Å². The number of benzene rings is 2. The van der Waals surface area contributed by atoms with Crippen molar-refractivity contribution in [1.29, 1.82) is 0 Å². The third-order valence-corrected chi connectivity index (χ3v) is 3.60. The summed E-state index contributed by atoms with van der Waals surface area (Å²) in [6.07, 6.45) is 0. The Labute approximate surface area is 130 Å². The van der Waals surface area contributed by atoms with Gasteiger partial charge >= 0.3 is 5.97 Å². The number of rotatable bonds is 6. The number of carboxylic acid groups (broad SMARTS) is 1. The average molecular weight is 301 g/mol. The zero-order valence-corrected chi connectivity index (χ0v) is 12.8. The Balaban J connectivity index is 2.22. The first kappa shape index (κ1) is 16.0. The van der Waals surface area contributed by atoms with E-state index >= 15 is 0 Å². The maximum atomic E-state index is 13.0. The summed E-state index contributed by atoms with van der Waals surface area (Å²) < 4.78 is 13.0. The van der Waals surface area contributed by atoms with Gasteiger partial charge in [0.1, 0.15) is 5.82 Å². The molecule has 1 atom stereocenters. The topological polar surface area (TPSA) is 40.5 Å². The second kappa shape index (κ2) is 7.07. The third-order valence-electron chi connectivity index (χ3n) is 3.60. The van der Waals surface area contributed by atoms with Gasteiger partial charge in [-0.1, -0.05) is 36.8 Å². The third kappa shape index (κ3) is 4.32. The number of aliphatic carboxylic acids is 1. The summed E-state index contributed by atoms with van der Waals surface area (Å²) in [6.45, 7) is 4.64. The molecule has 0 radical (unpaired) electrons. The Bertz CT molecular complexity index is 623. The van der Waals surface area contributed by atoms with E-state index in [2.05, 4.69) is 0 Å². The molecule has 0 amide bonds. The lowest BCUT2D eigenvalue weighted by atomic mass is 10.1. The Morgan fingerprint density at radius 2 is 1.73 bits per heavy atom. The van der Waals surface area contributed by atoms with Crippen molar-refractivity contribution in [2.45, 2.75) is 20.4 Å². The molecule has 3 nitrogen and oxygen atoms in total. The fourth-order valence-corrected chi connectivity index (χ4v) is 2.24. The Kier molecular flexibility index (Phi) is 5.15. The molecular formula is C18H20FNO2. The van der Waals surface area contributed by atoms with Crippen LogP contribution in [-0.2, 0) is 11.3 Å². The minimum Gasteiger partial charge on any atom is -0.481 e. The molecular weight excluding hydrogens is 281 g/mol. The van der Waals surface area contributed by atoms with Gasteiger partial charge in [-0.3, -0.25) is 4.79 Å². The molecule has 0 spiro atoms. The maximum absolute atomic E-state index is 13.0. The summed E-state index contributed by atoms with van der Waals surface area (Å²) in [6, 6.07) is 14.2. The van der Waals surface area contributed by atoms with E-state index in [4.69, 9.17) is 5.11 Å². The van der Waals surface area contributed by atoms with Crippen molar-refractivity contribution in [2.24, 2.45) is 5.92 Å². The molecule has 0 heterocycles. The van der Waals surface area contributed by atoms with Crippen molar-refractivity contribution in [3.8, 4) is 0 Å². The highest BCUT2D eigenvalue weighted by Gasteiger charge is 2.17. The van der Waals surface area contributed by atoms with Gasteiger partial charge in [0.05, 0.1) is 5.92 Å². The first-order valence-corrected chi connectivity index (χ1v) is 7.24. The van der Waals surface area contributed by atoms with Crippen molar-refractivity contribution >= 4 is 11.7 Å². The van der Waals surface area contributed by atoms with E-state index < -0.39 is 11.9 Å². The van der Waals surface area contributed by atoms with Crippen LogP contribution in [0.1, 0.15) is 18.1 Å². The van der Waals surface area contributed by atoms with E-state index in [0.717, 1.165) is 16.8 Å². The van der Waals surface area contributed by atoms with E-state index in [-0.39, 0.29) is 5.82 Å². The van der Waals surface area contributed by atoms with Crippen LogP contribution in [0.15, 0.2) is 48.5 Å². The van der Waals surface area contributed by atoms with Gasteiger partial charge in [0.25, 0.3) is 0 Å².